The number of nitro groups is 1. The molecule has 3 aromatic carbocycles. The SMILES string of the molecule is C=Cc1ccc(COC(=O)c2ccc(NC(=O)C(N=Nc3ccc([N+](=O)[O-])cc3OC)C(C)=O)c(OC)c2)cc1. The van der Waals surface area contributed by atoms with Crippen molar-refractivity contribution in [3.8, 4) is 11.5 Å². The molecule has 0 fully saturated rings. The molecule has 12 heteroatoms. The molecule has 0 heterocycles. The van der Waals surface area contributed by atoms with Crippen LogP contribution in [0, 0.1) is 10.1 Å². The summed E-state index contributed by atoms with van der Waals surface area (Å²) in [4.78, 5) is 48.0. The molecule has 0 saturated heterocycles. The van der Waals surface area contributed by atoms with Gasteiger partial charge in [-0.1, -0.05) is 36.9 Å². The predicted molar refractivity (Wildman–Crippen MR) is 146 cm³/mol. The first-order valence-corrected chi connectivity index (χ1v) is 11.8. The quantitative estimate of drug-likeness (QED) is 0.105. The highest BCUT2D eigenvalue weighted by Crippen LogP contribution is 2.32. The highest BCUT2D eigenvalue weighted by molar-refractivity contribution is 6.10. The number of carbonyl (C=O) groups excluding carboxylic acids is 3. The number of rotatable bonds is 12. The molecule has 0 bridgehead atoms. The van der Waals surface area contributed by atoms with E-state index in [0.29, 0.717) is 0 Å². The third kappa shape index (κ3) is 7.34. The molecule has 1 atom stereocenters. The Morgan fingerprint density at radius 1 is 1.02 bits per heavy atom. The van der Waals surface area contributed by atoms with Gasteiger partial charge in [0.2, 0.25) is 6.04 Å². The lowest BCUT2D eigenvalue weighted by Crippen LogP contribution is -2.32. The molecule has 40 heavy (non-hydrogen) atoms. The summed E-state index contributed by atoms with van der Waals surface area (Å²) < 4.78 is 15.8. The second-order valence-corrected chi connectivity index (χ2v) is 8.27. The number of Topliss-reactive ketones (excluding diaryl/α,β-unsaturated/α-hetero) is 1. The van der Waals surface area contributed by atoms with Crippen LogP contribution in [0.4, 0.5) is 17.1 Å². The highest BCUT2D eigenvalue weighted by atomic mass is 16.6. The van der Waals surface area contributed by atoms with E-state index in [0.717, 1.165) is 24.1 Å². The van der Waals surface area contributed by atoms with Crippen molar-refractivity contribution in [1.29, 1.82) is 0 Å². The molecule has 3 rings (SSSR count). The second kappa shape index (κ2) is 13.4. The normalized spacial score (nSPS) is 11.4. The van der Waals surface area contributed by atoms with Gasteiger partial charge in [0.15, 0.2) is 11.5 Å². The maximum Gasteiger partial charge on any atom is 0.338 e. The molecule has 0 aliphatic carbocycles. The van der Waals surface area contributed by atoms with E-state index in [2.05, 4.69) is 22.1 Å². The smallest absolute Gasteiger partial charge is 0.338 e. The zero-order valence-electron chi connectivity index (χ0n) is 22.0. The van der Waals surface area contributed by atoms with E-state index in [1.54, 1.807) is 6.08 Å². The maximum absolute atomic E-state index is 12.9. The van der Waals surface area contributed by atoms with Gasteiger partial charge >= 0.3 is 5.97 Å². The number of hydrogen-bond donors (Lipinski definition) is 1. The Bertz CT molecular complexity index is 1470. The van der Waals surface area contributed by atoms with Gasteiger partial charge in [0, 0.05) is 6.07 Å². The van der Waals surface area contributed by atoms with E-state index >= 15 is 0 Å². The molecule has 0 aliphatic rings. The van der Waals surface area contributed by atoms with Gasteiger partial charge in [0.25, 0.3) is 11.6 Å². The molecule has 206 valence electrons. The number of anilines is 1. The predicted octanol–water partition coefficient (Wildman–Crippen LogP) is 5.29. The first kappa shape index (κ1) is 29.2. The Morgan fingerprint density at radius 2 is 1.73 bits per heavy atom. The second-order valence-electron chi connectivity index (χ2n) is 8.27. The Hall–Kier alpha value is -5.39. The van der Waals surface area contributed by atoms with Crippen LogP contribution in [0.5, 0.6) is 11.5 Å². The van der Waals surface area contributed by atoms with Crippen LogP contribution in [0.2, 0.25) is 0 Å². The van der Waals surface area contributed by atoms with Crippen LogP contribution < -0.4 is 14.8 Å². The first-order valence-electron chi connectivity index (χ1n) is 11.8. The summed E-state index contributed by atoms with van der Waals surface area (Å²) in [5.74, 6) is -1.83. The fourth-order valence-electron chi connectivity index (χ4n) is 3.41. The third-order valence-electron chi connectivity index (χ3n) is 5.57. The molecule has 0 aliphatic heterocycles. The van der Waals surface area contributed by atoms with Crippen LogP contribution in [0.1, 0.15) is 28.4 Å². The van der Waals surface area contributed by atoms with Gasteiger partial charge in [-0.3, -0.25) is 19.7 Å². The van der Waals surface area contributed by atoms with Crippen molar-refractivity contribution in [2.75, 3.05) is 19.5 Å². The Labute approximate surface area is 229 Å². The first-order chi connectivity index (χ1) is 19.2. The lowest BCUT2D eigenvalue weighted by Gasteiger charge is -2.14. The summed E-state index contributed by atoms with van der Waals surface area (Å²) in [5.41, 5.74) is 1.97. The minimum atomic E-state index is -1.54. The van der Waals surface area contributed by atoms with E-state index in [9.17, 15) is 24.5 Å². The molecule has 0 saturated carbocycles. The van der Waals surface area contributed by atoms with E-state index in [4.69, 9.17) is 14.2 Å². The summed E-state index contributed by atoms with van der Waals surface area (Å²) in [6.45, 7) is 4.92. The van der Waals surface area contributed by atoms with Gasteiger partial charge in [0.05, 0.1) is 36.5 Å². The van der Waals surface area contributed by atoms with Crippen molar-refractivity contribution in [3.05, 3.63) is 94.0 Å². The maximum atomic E-state index is 12.9. The van der Waals surface area contributed by atoms with Crippen molar-refractivity contribution in [2.45, 2.75) is 19.6 Å². The Morgan fingerprint density at radius 3 is 2.33 bits per heavy atom. The summed E-state index contributed by atoms with van der Waals surface area (Å²) in [6, 6.07) is 13.7. The number of benzene rings is 3. The van der Waals surface area contributed by atoms with Crippen LogP contribution in [0.25, 0.3) is 6.08 Å². The van der Waals surface area contributed by atoms with Gasteiger partial charge < -0.3 is 19.5 Å². The number of nitrogens with one attached hydrogen (secondary N) is 1. The number of nitro benzene ring substituents is 1. The summed E-state index contributed by atoms with van der Waals surface area (Å²) in [6.07, 6.45) is 1.71. The number of nitrogens with zero attached hydrogens (tertiary/aromatic N) is 3. The number of amides is 1. The molecule has 1 N–H and O–H groups in total. The lowest BCUT2D eigenvalue weighted by atomic mass is 10.1. The number of esters is 1. The largest absolute Gasteiger partial charge is 0.495 e. The minimum Gasteiger partial charge on any atom is -0.495 e. The number of ketones is 1. The molecular weight excluding hydrogens is 520 g/mol. The van der Waals surface area contributed by atoms with Crippen molar-refractivity contribution in [2.24, 2.45) is 10.2 Å². The Kier molecular flexibility index (Phi) is 9.79. The topological polar surface area (TPSA) is 159 Å². The van der Waals surface area contributed by atoms with Crippen molar-refractivity contribution in [1.82, 2.24) is 0 Å². The van der Waals surface area contributed by atoms with Crippen LogP contribution in [0.15, 0.2) is 77.5 Å². The van der Waals surface area contributed by atoms with Crippen molar-refractivity contribution in [3.63, 3.8) is 0 Å². The van der Waals surface area contributed by atoms with Gasteiger partial charge in [0.1, 0.15) is 18.0 Å². The van der Waals surface area contributed by atoms with E-state index in [1.165, 1.54) is 44.6 Å². The fourth-order valence-corrected chi connectivity index (χ4v) is 3.41. The molecular formula is C28H26N4O8. The molecule has 12 nitrogen and oxygen atoms in total. The zero-order valence-corrected chi connectivity index (χ0v) is 22.0. The summed E-state index contributed by atoms with van der Waals surface area (Å²) in [5, 5.41) is 21.3. The van der Waals surface area contributed by atoms with Crippen LogP contribution in [0.3, 0.4) is 0 Å². The standard InChI is InChI=1S/C28H26N4O8/c1-5-18-6-8-19(9-7-18)16-40-28(35)20-10-12-22(24(14-20)38-3)29-27(34)26(17(2)33)31-30-23-13-11-21(32(36)37)15-25(23)39-4/h5-15,26H,1,16H2,2-4H3,(H,29,34). The van der Waals surface area contributed by atoms with Gasteiger partial charge in [-0.25, -0.2) is 4.79 Å². The van der Waals surface area contributed by atoms with Crippen molar-refractivity contribution < 1.29 is 33.5 Å². The number of methoxy groups -OCH3 is 2. The van der Waals surface area contributed by atoms with Gasteiger partial charge in [-0.2, -0.15) is 10.2 Å². The molecule has 3 aromatic rings. The molecule has 1 amide bonds. The third-order valence-corrected chi connectivity index (χ3v) is 5.57. The number of ether oxygens (including phenoxy) is 3. The molecule has 0 aromatic heterocycles. The number of carbonyl (C=O) groups is 3. The van der Waals surface area contributed by atoms with Gasteiger partial charge in [-0.15, -0.1) is 0 Å². The average Bonchev–Trinajstić information content (AvgIpc) is 2.96. The average molecular weight is 547 g/mol. The van der Waals surface area contributed by atoms with Crippen LogP contribution >= 0.6 is 0 Å². The van der Waals surface area contributed by atoms with Gasteiger partial charge in [-0.05, 0) is 42.3 Å². The number of azo groups is 1. The van der Waals surface area contributed by atoms with Crippen LogP contribution in [-0.4, -0.2) is 42.8 Å². The molecule has 0 radical (unpaired) electrons. The summed E-state index contributed by atoms with van der Waals surface area (Å²) >= 11 is 0. The Balaban J connectivity index is 1.73. The summed E-state index contributed by atoms with van der Waals surface area (Å²) in [7, 11) is 2.64. The number of hydrogen-bond acceptors (Lipinski definition) is 10. The fraction of sp³-hybridized carbons (Fsp3) is 0.179. The van der Waals surface area contributed by atoms with E-state index in [-0.39, 0.29) is 40.7 Å². The minimum absolute atomic E-state index is 0.0404. The van der Waals surface area contributed by atoms with E-state index in [1.807, 2.05) is 24.3 Å². The van der Waals surface area contributed by atoms with E-state index < -0.39 is 28.6 Å². The zero-order chi connectivity index (χ0) is 29.2. The monoisotopic (exact) mass is 546 g/mol. The lowest BCUT2D eigenvalue weighted by molar-refractivity contribution is -0.384. The molecule has 0 spiro atoms. The van der Waals surface area contributed by atoms with Crippen LogP contribution in [-0.2, 0) is 20.9 Å². The highest BCUT2D eigenvalue weighted by Gasteiger charge is 2.25. The van der Waals surface area contributed by atoms with Crippen molar-refractivity contribution >= 4 is 40.8 Å². The number of non-ortho nitro benzene ring substituents is 1. The molecule has 1 unspecified atom stereocenters.